The van der Waals surface area contributed by atoms with Crippen LogP contribution >= 0.6 is 0 Å². The molecule has 0 saturated carbocycles. The third kappa shape index (κ3) is 2.47. The van der Waals surface area contributed by atoms with Crippen molar-refractivity contribution >= 4 is 16.8 Å². The van der Waals surface area contributed by atoms with E-state index >= 15 is 0 Å². The highest BCUT2D eigenvalue weighted by Gasteiger charge is 2.16. The summed E-state index contributed by atoms with van der Waals surface area (Å²) >= 11 is 0. The molecule has 0 unspecified atom stereocenters. The van der Waals surface area contributed by atoms with Gasteiger partial charge in [0, 0.05) is 17.0 Å². The van der Waals surface area contributed by atoms with Gasteiger partial charge in [0.05, 0.1) is 6.04 Å². The van der Waals surface area contributed by atoms with Gasteiger partial charge in [-0.1, -0.05) is 0 Å². The number of amides is 1. The van der Waals surface area contributed by atoms with Crippen LogP contribution in [-0.4, -0.2) is 26.1 Å². The van der Waals surface area contributed by atoms with E-state index in [1.165, 1.54) is 12.4 Å². The molecule has 21 heavy (non-hydrogen) atoms. The van der Waals surface area contributed by atoms with Crippen molar-refractivity contribution in [3.63, 3.8) is 0 Å². The van der Waals surface area contributed by atoms with Gasteiger partial charge in [-0.25, -0.2) is 13.8 Å². The van der Waals surface area contributed by atoms with Crippen molar-refractivity contribution < 1.29 is 13.6 Å². The van der Waals surface area contributed by atoms with Gasteiger partial charge >= 0.3 is 0 Å². The summed E-state index contributed by atoms with van der Waals surface area (Å²) in [6, 6.07) is 3.14. The minimum atomic E-state index is -0.966. The zero-order chi connectivity index (χ0) is 15.0. The lowest BCUT2D eigenvalue weighted by Crippen LogP contribution is -2.27. The Labute approximate surface area is 117 Å². The average Bonchev–Trinajstić information content (AvgIpc) is 3.08. The van der Waals surface area contributed by atoms with Gasteiger partial charge in [-0.15, -0.1) is 0 Å². The van der Waals surface area contributed by atoms with Gasteiger partial charge in [-0.05, 0) is 19.1 Å². The number of rotatable bonds is 3. The van der Waals surface area contributed by atoms with E-state index in [1.807, 2.05) is 0 Å². The van der Waals surface area contributed by atoms with Crippen LogP contribution in [0.2, 0.25) is 0 Å². The maximum Gasteiger partial charge on any atom is 0.268 e. The fourth-order valence-corrected chi connectivity index (χ4v) is 2.02. The van der Waals surface area contributed by atoms with Gasteiger partial charge in [0.15, 0.2) is 11.6 Å². The van der Waals surface area contributed by atoms with Crippen LogP contribution in [0, 0.1) is 11.6 Å². The van der Waals surface area contributed by atoms with Gasteiger partial charge in [0.1, 0.15) is 17.8 Å². The van der Waals surface area contributed by atoms with Crippen molar-refractivity contribution in [2.24, 2.45) is 0 Å². The Bertz CT molecular complexity index is 757. The summed E-state index contributed by atoms with van der Waals surface area (Å²) in [6.07, 6.45) is 1.34. The number of fused-ring (bicyclic) bond motifs is 1. The summed E-state index contributed by atoms with van der Waals surface area (Å²) in [5.41, 5.74) is 0.563. The third-order valence-corrected chi connectivity index (χ3v) is 3.10. The second-order valence-electron chi connectivity index (χ2n) is 4.60. The molecule has 0 saturated heterocycles. The molecule has 108 valence electrons. The van der Waals surface area contributed by atoms with Crippen LogP contribution in [0.3, 0.4) is 0 Å². The van der Waals surface area contributed by atoms with Crippen LogP contribution in [-0.2, 0) is 0 Å². The summed E-state index contributed by atoms with van der Waals surface area (Å²) in [7, 11) is 0. The quantitative estimate of drug-likeness (QED) is 0.690. The molecule has 2 aromatic heterocycles. The molecule has 1 aromatic carbocycles. The fraction of sp³-hybridized carbons (Fsp3) is 0.154. The van der Waals surface area contributed by atoms with Gasteiger partial charge in [-0.3, -0.25) is 9.89 Å². The SMILES string of the molecule is C[C@@H](NC(=O)c1cc2cc(F)c(F)cc2[nH]1)c1ncn[nH]1. The number of nitrogens with one attached hydrogen (secondary N) is 3. The molecule has 0 fully saturated rings. The first-order chi connectivity index (χ1) is 10.0. The fourth-order valence-electron chi connectivity index (χ4n) is 2.02. The molecule has 0 aliphatic carbocycles. The molecule has 1 amide bonds. The maximum atomic E-state index is 13.1. The molecule has 8 heteroatoms. The van der Waals surface area contributed by atoms with E-state index in [4.69, 9.17) is 0 Å². The standard InChI is InChI=1S/C13H11F2N5O/c1-6(12-16-5-17-20-12)18-13(21)11-3-7-2-8(14)9(15)4-10(7)19-11/h2-6,19H,1H3,(H,18,21)(H,16,17,20)/t6-/m1/s1. The summed E-state index contributed by atoms with van der Waals surface area (Å²) < 4.78 is 26.3. The molecular weight excluding hydrogens is 280 g/mol. The summed E-state index contributed by atoms with van der Waals surface area (Å²) in [4.78, 5) is 18.8. The number of benzene rings is 1. The van der Waals surface area contributed by atoms with Crippen molar-refractivity contribution in [1.82, 2.24) is 25.5 Å². The lowest BCUT2D eigenvalue weighted by molar-refractivity contribution is 0.0934. The highest BCUT2D eigenvalue weighted by Crippen LogP contribution is 2.19. The van der Waals surface area contributed by atoms with Gasteiger partial charge < -0.3 is 10.3 Å². The number of halogens is 2. The van der Waals surface area contributed by atoms with Crippen molar-refractivity contribution in [1.29, 1.82) is 0 Å². The molecule has 1 atom stereocenters. The molecule has 2 heterocycles. The zero-order valence-corrected chi connectivity index (χ0v) is 10.9. The van der Waals surface area contributed by atoms with Crippen molar-refractivity contribution in [3.05, 3.63) is 47.7 Å². The zero-order valence-electron chi connectivity index (χ0n) is 10.9. The van der Waals surface area contributed by atoms with Crippen LogP contribution < -0.4 is 5.32 Å². The first-order valence-corrected chi connectivity index (χ1v) is 6.18. The molecule has 3 aromatic rings. The summed E-state index contributed by atoms with van der Waals surface area (Å²) in [6.45, 7) is 1.74. The van der Waals surface area contributed by atoms with E-state index in [-0.39, 0.29) is 11.7 Å². The Hall–Kier alpha value is -2.77. The molecule has 6 nitrogen and oxygen atoms in total. The number of H-pyrrole nitrogens is 2. The largest absolute Gasteiger partial charge is 0.350 e. The summed E-state index contributed by atoms with van der Waals surface area (Å²) in [5.74, 6) is -1.82. The van der Waals surface area contributed by atoms with E-state index in [0.717, 1.165) is 12.1 Å². The number of carbonyl (C=O) groups excluding carboxylic acids is 1. The van der Waals surface area contributed by atoms with Crippen LogP contribution in [0.4, 0.5) is 8.78 Å². The third-order valence-electron chi connectivity index (χ3n) is 3.10. The minimum Gasteiger partial charge on any atom is -0.350 e. The first kappa shape index (κ1) is 13.2. The normalized spacial score (nSPS) is 12.5. The lowest BCUT2D eigenvalue weighted by Gasteiger charge is -2.09. The smallest absolute Gasteiger partial charge is 0.268 e. The monoisotopic (exact) mass is 291 g/mol. The Balaban J connectivity index is 1.84. The predicted molar refractivity (Wildman–Crippen MR) is 70.5 cm³/mol. The van der Waals surface area contributed by atoms with Gasteiger partial charge in [-0.2, -0.15) is 5.10 Å². The Morgan fingerprint density at radius 2 is 2.05 bits per heavy atom. The molecule has 0 radical (unpaired) electrons. The van der Waals surface area contributed by atoms with Crippen LogP contribution in [0.15, 0.2) is 24.5 Å². The van der Waals surface area contributed by atoms with Gasteiger partial charge in [0.2, 0.25) is 0 Å². The minimum absolute atomic E-state index is 0.210. The second-order valence-corrected chi connectivity index (χ2v) is 4.60. The van der Waals surface area contributed by atoms with E-state index in [9.17, 15) is 13.6 Å². The second kappa shape index (κ2) is 4.97. The van der Waals surface area contributed by atoms with Crippen LogP contribution in [0.25, 0.3) is 10.9 Å². The van der Waals surface area contributed by atoms with Crippen molar-refractivity contribution in [2.45, 2.75) is 13.0 Å². The van der Waals surface area contributed by atoms with E-state index in [1.54, 1.807) is 6.92 Å². The molecule has 0 aliphatic rings. The predicted octanol–water partition coefficient (Wildman–Crippen LogP) is 2.06. The topological polar surface area (TPSA) is 86.5 Å². The first-order valence-electron chi connectivity index (χ1n) is 6.18. The molecule has 0 bridgehead atoms. The maximum absolute atomic E-state index is 13.1. The van der Waals surface area contributed by atoms with Crippen molar-refractivity contribution in [3.8, 4) is 0 Å². The van der Waals surface area contributed by atoms with E-state index in [0.29, 0.717) is 16.7 Å². The number of hydrogen-bond acceptors (Lipinski definition) is 3. The average molecular weight is 291 g/mol. The van der Waals surface area contributed by atoms with Gasteiger partial charge in [0.25, 0.3) is 5.91 Å². The number of nitrogens with zero attached hydrogens (tertiary/aromatic N) is 2. The van der Waals surface area contributed by atoms with Crippen LogP contribution in [0.1, 0.15) is 29.3 Å². The highest BCUT2D eigenvalue weighted by molar-refractivity contribution is 5.98. The molecule has 3 N–H and O–H groups in total. The summed E-state index contributed by atoms with van der Waals surface area (Å²) in [5, 5.41) is 9.47. The Morgan fingerprint density at radius 3 is 2.76 bits per heavy atom. The van der Waals surface area contributed by atoms with E-state index < -0.39 is 17.5 Å². The number of carbonyl (C=O) groups is 1. The number of aromatic nitrogens is 4. The van der Waals surface area contributed by atoms with Crippen molar-refractivity contribution in [2.75, 3.05) is 0 Å². The number of aromatic amines is 2. The Morgan fingerprint density at radius 1 is 1.29 bits per heavy atom. The molecule has 0 aliphatic heterocycles. The molecular formula is C13H11F2N5O. The highest BCUT2D eigenvalue weighted by atomic mass is 19.2. The Kier molecular flexibility index (Phi) is 3.13. The van der Waals surface area contributed by atoms with Crippen LogP contribution in [0.5, 0.6) is 0 Å². The van der Waals surface area contributed by atoms with E-state index in [2.05, 4.69) is 25.5 Å². The molecule has 0 spiro atoms. The molecule has 3 rings (SSSR count). The lowest BCUT2D eigenvalue weighted by atomic mass is 10.2. The number of hydrogen-bond donors (Lipinski definition) is 3.